The van der Waals surface area contributed by atoms with Crippen LogP contribution in [-0.2, 0) is 0 Å². The lowest BCUT2D eigenvalue weighted by Gasteiger charge is -2.09. The Balaban J connectivity index is 2.36. The predicted molar refractivity (Wildman–Crippen MR) is 81.0 cm³/mol. The third kappa shape index (κ3) is 1.40. The molecule has 1 aliphatic heterocycles. The van der Waals surface area contributed by atoms with Crippen LogP contribution in [0.1, 0.15) is 20.7 Å². The Kier molecular flexibility index (Phi) is 2.26. The van der Waals surface area contributed by atoms with Gasteiger partial charge in [-0.2, -0.15) is 0 Å². The largest absolute Gasteiger partial charge is 0.288 e. The van der Waals surface area contributed by atoms with Gasteiger partial charge in [0.15, 0.2) is 0 Å². The van der Waals surface area contributed by atoms with Crippen LogP contribution in [0.25, 0.3) is 21.5 Å². The molecule has 3 aromatic rings. The molecule has 4 heteroatoms. The first-order valence-electron chi connectivity index (χ1n) is 6.16. The molecule has 0 saturated carbocycles. The summed E-state index contributed by atoms with van der Waals surface area (Å²) in [5, 5.41) is 5.97. The fraction of sp³-hybridized carbons (Fsp3) is 0. The maximum Gasteiger partial charge on any atom is 0.259 e. The van der Waals surface area contributed by atoms with Gasteiger partial charge in [-0.25, -0.2) is 0 Å². The second kappa shape index (κ2) is 3.90. The SMILES string of the molecule is O=C1NC(=O)c2c1c1ccccc1c1cc(Br)ccc21. The second-order valence-electron chi connectivity index (χ2n) is 4.77. The molecule has 0 aliphatic carbocycles. The number of carbonyl (C=O) groups excluding carboxylic acids is 2. The summed E-state index contributed by atoms with van der Waals surface area (Å²) in [6, 6.07) is 13.4. The van der Waals surface area contributed by atoms with Crippen LogP contribution in [0.3, 0.4) is 0 Å². The molecule has 0 fully saturated rings. The smallest absolute Gasteiger partial charge is 0.259 e. The van der Waals surface area contributed by atoms with Crippen molar-refractivity contribution in [2.45, 2.75) is 0 Å². The van der Waals surface area contributed by atoms with E-state index in [1.807, 2.05) is 42.5 Å². The molecule has 0 spiro atoms. The van der Waals surface area contributed by atoms with E-state index < -0.39 is 0 Å². The van der Waals surface area contributed by atoms with Crippen molar-refractivity contribution >= 4 is 49.3 Å². The van der Waals surface area contributed by atoms with E-state index in [0.29, 0.717) is 11.1 Å². The van der Waals surface area contributed by atoms with E-state index in [2.05, 4.69) is 21.2 Å². The van der Waals surface area contributed by atoms with Gasteiger partial charge in [-0.3, -0.25) is 14.9 Å². The van der Waals surface area contributed by atoms with Gasteiger partial charge in [-0.1, -0.05) is 46.3 Å². The molecule has 20 heavy (non-hydrogen) atoms. The Morgan fingerprint density at radius 1 is 0.750 bits per heavy atom. The molecule has 1 heterocycles. The standard InChI is InChI=1S/C16H8BrNO2/c17-8-5-6-11-12(7-8)9-3-1-2-4-10(9)13-14(11)16(20)18-15(13)19/h1-7H,(H,18,19,20). The number of rotatable bonds is 0. The molecule has 2 amide bonds. The van der Waals surface area contributed by atoms with E-state index in [0.717, 1.165) is 26.0 Å². The zero-order chi connectivity index (χ0) is 13.9. The van der Waals surface area contributed by atoms with E-state index in [9.17, 15) is 9.59 Å². The van der Waals surface area contributed by atoms with Crippen LogP contribution >= 0.6 is 15.9 Å². The summed E-state index contributed by atoms with van der Waals surface area (Å²) in [7, 11) is 0. The van der Waals surface area contributed by atoms with Crippen molar-refractivity contribution in [2.24, 2.45) is 0 Å². The van der Waals surface area contributed by atoms with Crippen molar-refractivity contribution in [1.82, 2.24) is 5.32 Å². The van der Waals surface area contributed by atoms with Crippen LogP contribution in [-0.4, -0.2) is 11.8 Å². The van der Waals surface area contributed by atoms with Crippen LogP contribution in [0.15, 0.2) is 46.9 Å². The van der Waals surface area contributed by atoms with Gasteiger partial charge < -0.3 is 0 Å². The molecule has 0 aromatic heterocycles. The molecule has 0 radical (unpaired) electrons. The van der Waals surface area contributed by atoms with E-state index >= 15 is 0 Å². The summed E-state index contributed by atoms with van der Waals surface area (Å²) in [4.78, 5) is 24.1. The number of benzene rings is 3. The normalized spacial score (nSPS) is 13.8. The van der Waals surface area contributed by atoms with E-state index in [-0.39, 0.29) is 11.8 Å². The van der Waals surface area contributed by atoms with Gasteiger partial charge in [0.25, 0.3) is 11.8 Å². The lowest BCUT2D eigenvalue weighted by Crippen LogP contribution is -2.20. The van der Waals surface area contributed by atoms with Crippen LogP contribution in [0.2, 0.25) is 0 Å². The monoisotopic (exact) mass is 325 g/mol. The number of hydrogen-bond donors (Lipinski definition) is 1. The Bertz CT molecular complexity index is 931. The van der Waals surface area contributed by atoms with Gasteiger partial charge in [0, 0.05) is 4.47 Å². The number of halogens is 1. The minimum atomic E-state index is -0.317. The van der Waals surface area contributed by atoms with Crippen molar-refractivity contribution < 1.29 is 9.59 Å². The lowest BCUT2D eigenvalue weighted by molar-refractivity contribution is 0.0880. The van der Waals surface area contributed by atoms with Gasteiger partial charge >= 0.3 is 0 Å². The van der Waals surface area contributed by atoms with Gasteiger partial charge in [0.05, 0.1) is 11.1 Å². The summed E-state index contributed by atoms with van der Waals surface area (Å²) >= 11 is 3.46. The Hall–Kier alpha value is -2.20. The number of hydrogen-bond acceptors (Lipinski definition) is 2. The molecule has 1 N–H and O–H groups in total. The van der Waals surface area contributed by atoms with Crippen LogP contribution in [0.5, 0.6) is 0 Å². The summed E-state index contributed by atoms with van der Waals surface area (Å²) in [5.41, 5.74) is 0.969. The first-order valence-corrected chi connectivity index (χ1v) is 6.96. The number of nitrogens with one attached hydrogen (secondary N) is 1. The van der Waals surface area contributed by atoms with Gasteiger partial charge in [-0.15, -0.1) is 0 Å². The van der Waals surface area contributed by atoms with Gasteiger partial charge in [-0.05, 0) is 33.7 Å². The van der Waals surface area contributed by atoms with Crippen LogP contribution < -0.4 is 5.32 Å². The highest BCUT2D eigenvalue weighted by atomic mass is 79.9. The number of fused-ring (bicyclic) bond motifs is 6. The highest BCUT2D eigenvalue weighted by Gasteiger charge is 2.31. The van der Waals surface area contributed by atoms with Crippen molar-refractivity contribution in [2.75, 3.05) is 0 Å². The molecule has 1 aliphatic rings. The first-order chi connectivity index (χ1) is 9.66. The van der Waals surface area contributed by atoms with E-state index in [4.69, 9.17) is 0 Å². The molecule has 0 atom stereocenters. The highest BCUT2D eigenvalue weighted by Crippen LogP contribution is 2.36. The number of amides is 2. The molecule has 96 valence electrons. The molecule has 0 unspecified atom stereocenters. The second-order valence-corrected chi connectivity index (χ2v) is 5.68. The van der Waals surface area contributed by atoms with E-state index in [1.165, 1.54) is 0 Å². The predicted octanol–water partition coefficient (Wildman–Crippen LogP) is 3.64. The molecule has 4 rings (SSSR count). The third-order valence-corrected chi connectivity index (χ3v) is 4.16. The summed E-state index contributed by atoms with van der Waals surface area (Å²) < 4.78 is 0.944. The van der Waals surface area contributed by atoms with Crippen molar-refractivity contribution in [1.29, 1.82) is 0 Å². The van der Waals surface area contributed by atoms with Crippen molar-refractivity contribution in [3.63, 3.8) is 0 Å². The Labute approximate surface area is 122 Å². The molecule has 0 bridgehead atoms. The summed E-state index contributed by atoms with van der Waals surface area (Å²) in [5.74, 6) is -0.630. The minimum absolute atomic E-state index is 0.314. The van der Waals surface area contributed by atoms with Crippen LogP contribution in [0.4, 0.5) is 0 Å². The maximum absolute atomic E-state index is 12.1. The number of imide groups is 1. The summed E-state index contributed by atoms with van der Waals surface area (Å²) in [6.07, 6.45) is 0. The van der Waals surface area contributed by atoms with E-state index in [1.54, 1.807) is 0 Å². The van der Waals surface area contributed by atoms with Gasteiger partial charge in [0.1, 0.15) is 0 Å². The average Bonchev–Trinajstić information content (AvgIpc) is 2.74. The fourth-order valence-corrected chi connectivity index (χ4v) is 3.22. The minimum Gasteiger partial charge on any atom is -0.288 e. The quantitative estimate of drug-likeness (QED) is 0.506. The third-order valence-electron chi connectivity index (χ3n) is 3.67. The summed E-state index contributed by atoms with van der Waals surface area (Å²) in [6.45, 7) is 0. The zero-order valence-electron chi connectivity index (χ0n) is 10.2. The highest BCUT2D eigenvalue weighted by molar-refractivity contribution is 9.10. The molecule has 3 nitrogen and oxygen atoms in total. The zero-order valence-corrected chi connectivity index (χ0v) is 11.8. The first kappa shape index (κ1) is 11.6. The topological polar surface area (TPSA) is 46.2 Å². The Morgan fingerprint density at radius 2 is 1.35 bits per heavy atom. The number of carbonyl (C=O) groups is 2. The van der Waals surface area contributed by atoms with Crippen LogP contribution in [0, 0.1) is 0 Å². The molecule has 3 aromatic carbocycles. The molecular weight excluding hydrogens is 318 g/mol. The molecular formula is C16H8BrNO2. The molecule has 0 saturated heterocycles. The Morgan fingerprint density at radius 3 is 2.05 bits per heavy atom. The maximum atomic E-state index is 12.1. The fourth-order valence-electron chi connectivity index (χ4n) is 2.86. The lowest BCUT2D eigenvalue weighted by atomic mass is 9.93. The van der Waals surface area contributed by atoms with Crippen molar-refractivity contribution in [3.8, 4) is 0 Å². The average molecular weight is 326 g/mol. The van der Waals surface area contributed by atoms with Gasteiger partial charge in [0.2, 0.25) is 0 Å². The van der Waals surface area contributed by atoms with Crippen molar-refractivity contribution in [3.05, 3.63) is 58.1 Å².